The number of aromatic nitrogens is 1. The number of allylic oxidation sites excluding steroid dienone is 1. The number of amides is 2. The first-order valence-electron chi connectivity index (χ1n) is 11.4. The summed E-state index contributed by atoms with van der Waals surface area (Å²) >= 11 is 0. The molecule has 4 rings (SSSR count). The van der Waals surface area contributed by atoms with Crippen molar-refractivity contribution in [3.63, 3.8) is 0 Å². The topological polar surface area (TPSA) is 80.8 Å². The second-order valence-corrected chi connectivity index (χ2v) is 8.57. The van der Waals surface area contributed by atoms with Gasteiger partial charge in [-0.1, -0.05) is 17.7 Å². The lowest BCUT2D eigenvalue weighted by atomic mass is 9.79. The highest BCUT2D eigenvalue weighted by molar-refractivity contribution is 6.02. The van der Waals surface area contributed by atoms with Gasteiger partial charge in [-0.2, -0.15) is 0 Å². The SMILES string of the molecule is COc1cc2c(cc1OC)C(C(=O)NCCC1=CCCCC1)C(c1cccnc1)N(C)C2=O. The molecular formula is C26H31N3O4. The Labute approximate surface area is 194 Å². The number of likely N-dealkylation sites (N-methyl/N-ethyl adjacent to an activating group) is 1. The van der Waals surface area contributed by atoms with Crippen LogP contribution in [0, 0.1) is 0 Å². The Balaban J connectivity index is 1.71. The van der Waals surface area contributed by atoms with E-state index in [1.807, 2.05) is 12.1 Å². The highest BCUT2D eigenvalue weighted by Gasteiger charge is 2.43. The van der Waals surface area contributed by atoms with Gasteiger partial charge in [-0.15, -0.1) is 0 Å². The van der Waals surface area contributed by atoms with E-state index in [-0.39, 0.29) is 11.8 Å². The number of hydrogen-bond acceptors (Lipinski definition) is 5. The molecule has 2 unspecified atom stereocenters. The van der Waals surface area contributed by atoms with E-state index in [0.29, 0.717) is 29.2 Å². The van der Waals surface area contributed by atoms with Gasteiger partial charge in [0, 0.05) is 31.5 Å². The van der Waals surface area contributed by atoms with Crippen LogP contribution in [0.4, 0.5) is 0 Å². The fourth-order valence-corrected chi connectivity index (χ4v) is 4.89. The van der Waals surface area contributed by atoms with Crippen molar-refractivity contribution in [3.05, 3.63) is 65.0 Å². The number of nitrogens with one attached hydrogen (secondary N) is 1. The molecule has 0 radical (unpaired) electrons. The van der Waals surface area contributed by atoms with Crippen LogP contribution in [0.3, 0.4) is 0 Å². The van der Waals surface area contributed by atoms with Gasteiger partial charge in [-0.25, -0.2) is 0 Å². The van der Waals surface area contributed by atoms with Crippen LogP contribution < -0.4 is 14.8 Å². The normalized spacial score (nSPS) is 20.0. The minimum absolute atomic E-state index is 0.118. The quantitative estimate of drug-likeness (QED) is 0.646. The van der Waals surface area contributed by atoms with E-state index in [4.69, 9.17) is 9.47 Å². The number of rotatable bonds is 7. The maximum Gasteiger partial charge on any atom is 0.254 e. The van der Waals surface area contributed by atoms with Crippen molar-refractivity contribution < 1.29 is 19.1 Å². The smallest absolute Gasteiger partial charge is 0.254 e. The van der Waals surface area contributed by atoms with Crippen molar-refractivity contribution in [2.75, 3.05) is 27.8 Å². The van der Waals surface area contributed by atoms with Gasteiger partial charge in [0.1, 0.15) is 0 Å². The standard InChI is InChI=1S/C26H31N3O4/c1-29-24(18-10-7-12-27-16-18)23(25(30)28-13-11-17-8-5-4-6-9-17)19-14-21(32-2)22(33-3)15-20(19)26(29)31/h7-8,10,12,14-16,23-24H,4-6,9,11,13H2,1-3H3,(H,28,30). The van der Waals surface area contributed by atoms with Gasteiger partial charge >= 0.3 is 0 Å². The molecule has 1 aromatic heterocycles. The molecule has 2 atom stereocenters. The highest BCUT2D eigenvalue weighted by atomic mass is 16.5. The van der Waals surface area contributed by atoms with E-state index in [9.17, 15) is 9.59 Å². The number of hydrogen-bond donors (Lipinski definition) is 1. The van der Waals surface area contributed by atoms with Gasteiger partial charge in [0.15, 0.2) is 11.5 Å². The number of pyridine rings is 1. The van der Waals surface area contributed by atoms with E-state index >= 15 is 0 Å². The third-order valence-electron chi connectivity index (χ3n) is 6.61. The molecule has 0 spiro atoms. The highest BCUT2D eigenvalue weighted by Crippen LogP contribution is 2.45. The van der Waals surface area contributed by atoms with Crippen molar-refractivity contribution in [2.24, 2.45) is 0 Å². The molecule has 7 heteroatoms. The third-order valence-corrected chi connectivity index (χ3v) is 6.61. The number of carbonyl (C=O) groups is 2. The van der Waals surface area contributed by atoms with Crippen molar-refractivity contribution in [3.8, 4) is 11.5 Å². The summed E-state index contributed by atoms with van der Waals surface area (Å²) in [7, 11) is 4.81. The van der Waals surface area contributed by atoms with E-state index in [0.717, 1.165) is 24.8 Å². The fourth-order valence-electron chi connectivity index (χ4n) is 4.89. The van der Waals surface area contributed by atoms with Gasteiger partial charge < -0.3 is 19.7 Å². The van der Waals surface area contributed by atoms with Crippen LogP contribution in [0.25, 0.3) is 0 Å². The molecule has 1 aliphatic heterocycles. The van der Waals surface area contributed by atoms with Crippen LogP contribution in [-0.2, 0) is 4.79 Å². The summed E-state index contributed by atoms with van der Waals surface area (Å²) in [5.74, 6) is 0.0567. The van der Waals surface area contributed by atoms with Crippen molar-refractivity contribution >= 4 is 11.8 Å². The maximum absolute atomic E-state index is 13.6. The Morgan fingerprint density at radius 3 is 2.67 bits per heavy atom. The Bertz CT molecular complexity index is 1050. The average Bonchev–Trinajstić information content (AvgIpc) is 2.86. The zero-order chi connectivity index (χ0) is 23.4. The molecule has 0 saturated carbocycles. The Hall–Kier alpha value is -3.35. The zero-order valence-corrected chi connectivity index (χ0v) is 19.5. The van der Waals surface area contributed by atoms with Crippen molar-refractivity contribution in [1.29, 1.82) is 0 Å². The molecule has 0 saturated heterocycles. The van der Waals surface area contributed by atoms with E-state index in [2.05, 4.69) is 16.4 Å². The molecule has 1 aliphatic carbocycles. The van der Waals surface area contributed by atoms with Crippen LogP contribution >= 0.6 is 0 Å². The second kappa shape index (κ2) is 10.1. The first-order valence-corrected chi connectivity index (χ1v) is 11.4. The molecule has 174 valence electrons. The molecule has 2 heterocycles. The van der Waals surface area contributed by atoms with Crippen molar-refractivity contribution in [2.45, 2.75) is 44.1 Å². The number of benzene rings is 1. The monoisotopic (exact) mass is 449 g/mol. The predicted molar refractivity (Wildman–Crippen MR) is 126 cm³/mol. The minimum Gasteiger partial charge on any atom is -0.493 e. The number of carbonyl (C=O) groups excluding carboxylic acids is 2. The van der Waals surface area contributed by atoms with E-state index in [1.165, 1.54) is 25.5 Å². The Morgan fingerprint density at radius 1 is 1.21 bits per heavy atom. The summed E-state index contributed by atoms with van der Waals surface area (Å²) in [5.41, 5.74) is 3.31. The molecule has 33 heavy (non-hydrogen) atoms. The number of methoxy groups -OCH3 is 2. The van der Waals surface area contributed by atoms with Crippen LogP contribution in [0.5, 0.6) is 11.5 Å². The van der Waals surface area contributed by atoms with Gasteiger partial charge in [0.25, 0.3) is 5.91 Å². The average molecular weight is 450 g/mol. The Morgan fingerprint density at radius 2 is 2.00 bits per heavy atom. The first-order chi connectivity index (χ1) is 16.0. The lowest BCUT2D eigenvalue weighted by Gasteiger charge is -2.40. The van der Waals surface area contributed by atoms with Gasteiger partial charge in [-0.3, -0.25) is 14.6 Å². The number of ether oxygens (including phenoxy) is 2. The fraction of sp³-hybridized carbons (Fsp3) is 0.423. The molecule has 2 aromatic rings. The minimum atomic E-state index is -0.605. The molecule has 2 amide bonds. The maximum atomic E-state index is 13.6. The number of fused-ring (bicyclic) bond motifs is 1. The third kappa shape index (κ3) is 4.58. The van der Waals surface area contributed by atoms with Gasteiger partial charge in [0.05, 0.1) is 26.2 Å². The number of nitrogens with zero attached hydrogens (tertiary/aromatic N) is 2. The summed E-state index contributed by atoms with van der Waals surface area (Å²) in [6.45, 7) is 0.571. The largest absolute Gasteiger partial charge is 0.493 e. The lowest BCUT2D eigenvalue weighted by molar-refractivity contribution is -0.124. The van der Waals surface area contributed by atoms with Gasteiger partial charge in [-0.05, 0) is 61.4 Å². The predicted octanol–water partition coefficient (Wildman–Crippen LogP) is 4.02. The van der Waals surface area contributed by atoms with Crippen molar-refractivity contribution in [1.82, 2.24) is 15.2 Å². The summed E-state index contributed by atoms with van der Waals surface area (Å²) in [5, 5.41) is 3.13. The van der Waals surface area contributed by atoms with Crippen LogP contribution in [-0.4, -0.2) is 49.5 Å². The van der Waals surface area contributed by atoms with E-state index in [1.54, 1.807) is 43.6 Å². The summed E-state index contributed by atoms with van der Waals surface area (Å²) in [4.78, 5) is 32.8. The molecule has 2 aliphatic rings. The second-order valence-electron chi connectivity index (χ2n) is 8.57. The molecule has 0 bridgehead atoms. The summed E-state index contributed by atoms with van der Waals surface area (Å²) in [6, 6.07) is 6.67. The first kappa shape index (κ1) is 22.8. The molecular weight excluding hydrogens is 418 g/mol. The van der Waals surface area contributed by atoms with Crippen LogP contribution in [0.2, 0.25) is 0 Å². The summed E-state index contributed by atoms with van der Waals surface area (Å²) in [6.07, 6.45) is 11.2. The van der Waals surface area contributed by atoms with Crippen LogP contribution in [0.15, 0.2) is 48.3 Å². The molecule has 1 N–H and O–H groups in total. The Kier molecular flexibility index (Phi) is 6.96. The molecule has 7 nitrogen and oxygen atoms in total. The summed E-state index contributed by atoms with van der Waals surface area (Å²) < 4.78 is 10.9. The van der Waals surface area contributed by atoms with Gasteiger partial charge in [0.2, 0.25) is 5.91 Å². The van der Waals surface area contributed by atoms with E-state index < -0.39 is 12.0 Å². The molecule has 1 aromatic carbocycles. The van der Waals surface area contributed by atoms with Crippen LogP contribution in [0.1, 0.15) is 65.5 Å². The zero-order valence-electron chi connectivity index (χ0n) is 19.5. The lowest BCUT2D eigenvalue weighted by Crippen LogP contribution is -2.46. The molecule has 0 fully saturated rings.